The molecule has 0 radical (unpaired) electrons. The van der Waals surface area contributed by atoms with Crippen LogP contribution in [-0.2, 0) is 15.8 Å². The fraction of sp³-hybridized carbons (Fsp3) is 0.200. The van der Waals surface area contributed by atoms with Crippen molar-refractivity contribution in [3.05, 3.63) is 65.0 Å². The van der Waals surface area contributed by atoms with Crippen molar-refractivity contribution in [2.75, 3.05) is 4.72 Å². The minimum atomic E-state index is -3.52. The molecule has 3 nitrogen and oxygen atoms in total. The first-order valence-corrected chi connectivity index (χ1v) is 7.84. The molecule has 2 aromatic rings. The lowest BCUT2D eigenvalue weighted by Gasteiger charge is -2.13. The second-order valence-corrected chi connectivity index (χ2v) is 6.48. The Balaban J connectivity index is 2.21. The molecule has 0 amide bonds. The van der Waals surface area contributed by atoms with E-state index in [0.29, 0.717) is 11.3 Å². The average molecular weight is 293 g/mol. The first kappa shape index (κ1) is 14.5. The van der Waals surface area contributed by atoms with Crippen molar-refractivity contribution in [1.29, 1.82) is 0 Å². The van der Waals surface area contributed by atoms with E-state index in [2.05, 4.69) is 4.72 Å². The quantitative estimate of drug-likeness (QED) is 0.939. The zero-order chi connectivity index (χ0) is 14.8. The molecule has 0 aromatic heterocycles. The Labute approximate surface area is 118 Å². The fourth-order valence-electron chi connectivity index (χ4n) is 1.97. The molecule has 0 bridgehead atoms. The molecule has 0 unspecified atom stereocenters. The maximum Gasteiger partial charge on any atom is 0.236 e. The van der Waals surface area contributed by atoms with E-state index in [4.69, 9.17) is 0 Å². The summed E-state index contributed by atoms with van der Waals surface area (Å²) in [4.78, 5) is 0. The van der Waals surface area contributed by atoms with E-state index in [1.807, 2.05) is 32.0 Å². The van der Waals surface area contributed by atoms with Gasteiger partial charge >= 0.3 is 0 Å². The highest BCUT2D eigenvalue weighted by Gasteiger charge is 2.14. The van der Waals surface area contributed by atoms with Gasteiger partial charge in [0.15, 0.2) is 0 Å². The van der Waals surface area contributed by atoms with Crippen molar-refractivity contribution < 1.29 is 12.8 Å². The van der Waals surface area contributed by atoms with E-state index in [9.17, 15) is 12.8 Å². The predicted octanol–water partition coefficient (Wildman–Crippen LogP) is 3.38. The van der Waals surface area contributed by atoms with Gasteiger partial charge in [-0.3, -0.25) is 4.72 Å². The molecular weight excluding hydrogens is 277 g/mol. The van der Waals surface area contributed by atoms with Gasteiger partial charge in [0.25, 0.3) is 0 Å². The lowest BCUT2D eigenvalue weighted by Crippen LogP contribution is -2.16. The summed E-state index contributed by atoms with van der Waals surface area (Å²) >= 11 is 0. The molecule has 0 atom stereocenters. The topological polar surface area (TPSA) is 46.2 Å². The standard InChI is InChI=1S/C15H16FNO2S/c1-11-4-3-5-12(2)15(11)17-20(18,19)10-13-6-8-14(16)9-7-13/h3-9,17H,10H2,1-2H3. The van der Waals surface area contributed by atoms with E-state index in [1.54, 1.807) is 0 Å². The molecule has 0 aliphatic rings. The average Bonchev–Trinajstić information content (AvgIpc) is 2.37. The van der Waals surface area contributed by atoms with Crippen LogP contribution in [0.5, 0.6) is 0 Å². The summed E-state index contributed by atoms with van der Waals surface area (Å²) in [5.41, 5.74) is 2.89. The SMILES string of the molecule is Cc1cccc(C)c1NS(=O)(=O)Cc1ccc(F)cc1. The van der Waals surface area contributed by atoms with Crippen LogP contribution in [0, 0.1) is 19.7 Å². The maximum absolute atomic E-state index is 12.8. The highest BCUT2D eigenvalue weighted by Crippen LogP contribution is 2.21. The first-order valence-electron chi connectivity index (χ1n) is 6.18. The van der Waals surface area contributed by atoms with Crippen LogP contribution >= 0.6 is 0 Å². The molecule has 0 aliphatic heterocycles. The van der Waals surface area contributed by atoms with Crippen LogP contribution in [0.3, 0.4) is 0 Å². The minimum Gasteiger partial charge on any atom is -0.283 e. The normalized spacial score (nSPS) is 11.3. The summed E-state index contributed by atoms with van der Waals surface area (Å²) < 4.78 is 39.7. The third kappa shape index (κ3) is 3.57. The molecule has 106 valence electrons. The Morgan fingerprint density at radius 3 is 2.10 bits per heavy atom. The molecule has 5 heteroatoms. The number of aryl methyl sites for hydroxylation is 2. The molecule has 20 heavy (non-hydrogen) atoms. The largest absolute Gasteiger partial charge is 0.283 e. The summed E-state index contributed by atoms with van der Waals surface area (Å²) in [5, 5.41) is 0. The number of sulfonamides is 1. The Hall–Kier alpha value is -1.88. The van der Waals surface area contributed by atoms with Crippen LogP contribution in [0.15, 0.2) is 42.5 Å². The lowest BCUT2D eigenvalue weighted by atomic mass is 10.1. The molecule has 0 aliphatic carbocycles. The van der Waals surface area contributed by atoms with E-state index in [-0.39, 0.29) is 11.6 Å². The number of halogens is 1. The molecule has 0 saturated heterocycles. The summed E-state index contributed by atoms with van der Waals surface area (Å²) in [6, 6.07) is 11.0. The molecule has 2 aromatic carbocycles. The van der Waals surface area contributed by atoms with Gasteiger partial charge in [-0.1, -0.05) is 30.3 Å². The zero-order valence-electron chi connectivity index (χ0n) is 11.4. The number of anilines is 1. The first-order chi connectivity index (χ1) is 9.37. The van der Waals surface area contributed by atoms with Crippen molar-refractivity contribution >= 4 is 15.7 Å². The number of hydrogen-bond donors (Lipinski definition) is 1. The van der Waals surface area contributed by atoms with Crippen LogP contribution in [0.2, 0.25) is 0 Å². The maximum atomic E-state index is 12.8. The van der Waals surface area contributed by atoms with Gasteiger partial charge in [0.05, 0.1) is 11.4 Å². The van der Waals surface area contributed by atoms with Gasteiger partial charge in [-0.25, -0.2) is 12.8 Å². The van der Waals surface area contributed by atoms with Crippen LogP contribution in [0.4, 0.5) is 10.1 Å². The van der Waals surface area contributed by atoms with Crippen molar-refractivity contribution in [2.24, 2.45) is 0 Å². The summed E-state index contributed by atoms with van der Waals surface area (Å²) in [7, 11) is -3.52. The van der Waals surface area contributed by atoms with Crippen molar-refractivity contribution in [2.45, 2.75) is 19.6 Å². The molecule has 0 spiro atoms. The van der Waals surface area contributed by atoms with Gasteiger partial charge in [0.2, 0.25) is 10.0 Å². The van der Waals surface area contributed by atoms with Gasteiger partial charge in [0.1, 0.15) is 5.82 Å². The molecule has 0 saturated carbocycles. The van der Waals surface area contributed by atoms with Crippen molar-refractivity contribution in [1.82, 2.24) is 0 Å². The van der Waals surface area contributed by atoms with Gasteiger partial charge in [0, 0.05) is 0 Å². The summed E-state index contributed by atoms with van der Waals surface area (Å²) in [5.74, 6) is -0.560. The molecular formula is C15H16FNO2S. The number of benzene rings is 2. The van der Waals surface area contributed by atoms with Crippen molar-refractivity contribution in [3.63, 3.8) is 0 Å². The highest BCUT2D eigenvalue weighted by atomic mass is 32.2. The second-order valence-electron chi connectivity index (χ2n) is 4.75. The smallest absolute Gasteiger partial charge is 0.236 e. The van der Waals surface area contributed by atoms with Crippen LogP contribution < -0.4 is 4.72 Å². The molecule has 0 fully saturated rings. The Morgan fingerprint density at radius 2 is 1.55 bits per heavy atom. The summed E-state index contributed by atoms with van der Waals surface area (Å²) in [6.45, 7) is 3.70. The molecule has 2 rings (SSSR count). The summed E-state index contributed by atoms with van der Waals surface area (Å²) in [6.07, 6.45) is 0. The number of para-hydroxylation sites is 1. The second kappa shape index (κ2) is 5.63. The third-order valence-electron chi connectivity index (χ3n) is 3.01. The number of nitrogens with one attached hydrogen (secondary N) is 1. The van der Waals surface area contributed by atoms with Gasteiger partial charge < -0.3 is 0 Å². The Bertz CT molecular complexity index is 689. The van der Waals surface area contributed by atoms with E-state index < -0.39 is 10.0 Å². The molecule has 0 heterocycles. The Morgan fingerprint density at radius 1 is 1.00 bits per heavy atom. The Kier molecular flexibility index (Phi) is 4.09. The van der Waals surface area contributed by atoms with E-state index >= 15 is 0 Å². The van der Waals surface area contributed by atoms with Crippen LogP contribution in [-0.4, -0.2) is 8.42 Å². The fourth-order valence-corrected chi connectivity index (χ4v) is 3.30. The third-order valence-corrected chi connectivity index (χ3v) is 4.24. The zero-order valence-corrected chi connectivity index (χ0v) is 12.2. The van der Waals surface area contributed by atoms with E-state index in [0.717, 1.165) is 11.1 Å². The van der Waals surface area contributed by atoms with Crippen LogP contribution in [0.1, 0.15) is 16.7 Å². The number of hydrogen-bond acceptors (Lipinski definition) is 2. The van der Waals surface area contributed by atoms with Gasteiger partial charge in [-0.15, -0.1) is 0 Å². The highest BCUT2D eigenvalue weighted by molar-refractivity contribution is 7.91. The minimum absolute atomic E-state index is 0.180. The predicted molar refractivity (Wildman–Crippen MR) is 78.6 cm³/mol. The van der Waals surface area contributed by atoms with Crippen LogP contribution in [0.25, 0.3) is 0 Å². The van der Waals surface area contributed by atoms with Gasteiger partial charge in [-0.05, 0) is 42.7 Å². The number of rotatable bonds is 4. The van der Waals surface area contributed by atoms with E-state index in [1.165, 1.54) is 24.3 Å². The lowest BCUT2D eigenvalue weighted by molar-refractivity contribution is 0.599. The molecule has 1 N–H and O–H groups in total. The van der Waals surface area contributed by atoms with Crippen molar-refractivity contribution in [3.8, 4) is 0 Å². The van der Waals surface area contributed by atoms with Gasteiger partial charge in [-0.2, -0.15) is 0 Å². The monoisotopic (exact) mass is 293 g/mol.